The molecule has 2 unspecified atom stereocenters. The van der Waals surface area contributed by atoms with Crippen LogP contribution in [0.5, 0.6) is 0 Å². The summed E-state index contributed by atoms with van der Waals surface area (Å²) in [7, 11) is -3.44. The molecule has 0 bridgehead atoms. The van der Waals surface area contributed by atoms with Crippen molar-refractivity contribution in [3.63, 3.8) is 0 Å². The first-order chi connectivity index (χ1) is 9.87. The first kappa shape index (κ1) is 16.5. The highest BCUT2D eigenvalue weighted by molar-refractivity contribution is 7.89. The summed E-state index contributed by atoms with van der Waals surface area (Å²) < 4.78 is 29.1. The number of sulfonamides is 1. The van der Waals surface area contributed by atoms with Gasteiger partial charge in [-0.15, -0.1) is 0 Å². The van der Waals surface area contributed by atoms with Gasteiger partial charge in [0.2, 0.25) is 10.0 Å². The van der Waals surface area contributed by atoms with E-state index >= 15 is 0 Å². The van der Waals surface area contributed by atoms with E-state index in [0.29, 0.717) is 18.5 Å². The van der Waals surface area contributed by atoms with Crippen molar-refractivity contribution in [3.8, 4) is 0 Å². The highest BCUT2D eigenvalue weighted by Gasteiger charge is 2.27. The Labute approximate surface area is 127 Å². The average Bonchev–Trinajstić information content (AvgIpc) is 2.98. The molecule has 2 N–H and O–H groups in total. The number of hydrogen-bond acceptors (Lipinski definition) is 4. The van der Waals surface area contributed by atoms with Crippen LogP contribution in [0.3, 0.4) is 0 Å². The Morgan fingerprint density at radius 2 is 2.19 bits per heavy atom. The van der Waals surface area contributed by atoms with Gasteiger partial charge in [-0.3, -0.25) is 4.68 Å². The van der Waals surface area contributed by atoms with Gasteiger partial charge >= 0.3 is 0 Å². The largest absolute Gasteiger partial charge is 0.313 e. The minimum atomic E-state index is -3.44. The molecule has 0 amide bonds. The molecule has 0 radical (unpaired) electrons. The van der Waals surface area contributed by atoms with Crippen LogP contribution < -0.4 is 10.0 Å². The van der Waals surface area contributed by atoms with Gasteiger partial charge in [0.15, 0.2) is 0 Å². The van der Waals surface area contributed by atoms with Gasteiger partial charge in [0.05, 0.1) is 12.7 Å². The monoisotopic (exact) mass is 314 g/mol. The van der Waals surface area contributed by atoms with Crippen molar-refractivity contribution in [2.45, 2.75) is 63.6 Å². The minimum Gasteiger partial charge on any atom is -0.313 e. The van der Waals surface area contributed by atoms with E-state index in [9.17, 15) is 8.42 Å². The summed E-state index contributed by atoms with van der Waals surface area (Å²) in [6, 6.07) is 0.478. The molecule has 1 saturated carbocycles. The lowest BCUT2D eigenvalue weighted by atomic mass is 10.1. The van der Waals surface area contributed by atoms with Crippen molar-refractivity contribution in [1.82, 2.24) is 19.8 Å². The maximum atomic E-state index is 12.3. The summed E-state index contributed by atoms with van der Waals surface area (Å²) in [5.41, 5.74) is 0. The maximum Gasteiger partial charge on any atom is 0.243 e. The fourth-order valence-corrected chi connectivity index (χ4v) is 3.91. The Morgan fingerprint density at radius 1 is 1.43 bits per heavy atom. The summed E-state index contributed by atoms with van der Waals surface area (Å²) in [5.74, 6) is 0.600. The smallest absolute Gasteiger partial charge is 0.243 e. The summed E-state index contributed by atoms with van der Waals surface area (Å²) in [6.45, 7) is 7.74. The van der Waals surface area contributed by atoms with Crippen molar-refractivity contribution in [3.05, 3.63) is 12.4 Å². The number of hydrogen-bond donors (Lipinski definition) is 2. The van der Waals surface area contributed by atoms with Gasteiger partial charge in [0.25, 0.3) is 0 Å². The lowest BCUT2D eigenvalue weighted by Crippen LogP contribution is -2.32. The lowest BCUT2D eigenvalue weighted by molar-refractivity contribution is 0.514. The molecule has 1 heterocycles. The zero-order chi connectivity index (χ0) is 15.5. The third-order valence-electron chi connectivity index (χ3n) is 3.83. The Balaban J connectivity index is 1.92. The molecule has 21 heavy (non-hydrogen) atoms. The second kappa shape index (κ2) is 6.89. The first-order valence-corrected chi connectivity index (χ1v) is 9.13. The predicted molar refractivity (Wildman–Crippen MR) is 82.5 cm³/mol. The maximum absolute atomic E-state index is 12.3. The zero-order valence-electron chi connectivity index (χ0n) is 13.0. The van der Waals surface area contributed by atoms with Crippen molar-refractivity contribution in [2.24, 2.45) is 5.92 Å². The van der Waals surface area contributed by atoms with E-state index in [1.54, 1.807) is 10.9 Å². The van der Waals surface area contributed by atoms with Gasteiger partial charge in [-0.1, -0.05) is 20.8 Å². The summed E-state index contributed by atoms with van der Waals surface area (Å²) in [5, 5.41) is 7.41. The fraction of sp³-hybridized carbons (Fsp3) is 0.786. The van der Waals surface area contributed by atoms with Gasteiger partial charge in [0.1, 0.15) is 4.90 Å². The topological polar surface area (TPSA) is 76.0 Å². The zero-order valence-corrected chi connectivity index (χ0v) is 13.9. The normalized spacial score (nSPS) is 23.0. The molecule has 2 atom stereocenters. The average molecular weight is 314 g/mol. The highest BCUT2D eigenvalue weighted by atomic mass is 32.2. The van der Waals surface area contributed by atoms with Crippen LogP contribution in [-0.4, -0.2) is 36.8 Å². The van der Waals surface area contributed by atoms with Gasteiger partial charge in [-0.05, 0) is 25.2 Å². The van der Waals surface area contributed by atoms with Crippen LogP contribution in [0.1, 0.15) is 40.0 Å². The molecule has 1 aliphatic carbocycles. The van der Waals surface area contributed by atoms with E-state index in [1.165, 1.54) is 6.20 Å². The molecule has 0 aliphatic heterocycles. The molecule has 1 aliphatic rings. The Hall–Kier alpha value is -0.920. The van der Waals surface area contributed by atoms with Crippen molar-refractivity contribution < 1.29 is 8.42 Å². The van der Waals surface area contributed by atoms with Gasteiger partial charge in [-0.25, -0.2) is 13.1 Å². The summed E-state index contributed by atoms with van der Waals surface area (Å²) in [4.78, 5) is 0.256. The number of aromatic nitrogens is 2. The second-order valence-corrected chi connectivity index (χ2v) is 8.00. The first-order valence-electron chi connectivity index (χ1n) is 7.65. The number of nitrogens with zero attached hydrogens (tertiary/aromatic N) is 2. The molecule has 6 nitrogen and oxygen atoms in total. The molecule has 0 aromatic carbocycles. The minimum absolute atomic E-state index is 0.0657. The molecule has 120 valence electrons. The Morgan fingerprint density at radius 3 is 2.81 bits per heavy atom. The predicted octanol–water partition coefficient (Wildman–Crippen LogP) is 1.35. The van der Waals surface area contributed by atoms with Crippen LogP contribution in [0.15, 0.2) is 17.3 Å². The van der Waals surface area contributed by atoms with Crippen LogP contribution in [0.2, 0.25) is 0 Å². The van der Waals surface area contributed by atoms with Gasteiger partial charge in [-0.2, -0.15) is 5.10 Å². The van der Waals surface area contributed by atoms with Crippen LogP contribution >= 0.6 is 0 Å². The molecular weight excluding hydrogens is 288 g/mol. The molecule has 2 rings (SSSR count). The van der Waals surface area contributed by atoms with Crippen molar-refractivity contribution in [1.29, 1.82) is 0 Å². The Kier molecular flexibility index (Phi) is 5.40. The quantitative estimate of drug-likeness (QED) is 0.796. The van der Waals surface area contributed by atoms with Crippen molar-refractivity contribution >= 4 is 10.0 Å². The van der Waals surface area contributed by atoms with E-state index in [1.807, 2.05) is 0 Å². The number of nitrogens with one attached hydrogen (secondary N) is 2. The molecule has 1 fully saturated rings. The molecule has 0 spiro atoms. The fourth-order valence-electron chi connectivity index (χ4n) is 2.68. The molecule has 7 heteroatoms. The molecular formula is C14H26N4O2S. The van der Waals surface area contributed by atoms with Gasteiger partial charge < -0.3 is 5.32 Å². The van der Waals surface area contributed by atoms with Crippen LogP contribution in [0.4, 0.5) is 0 Å². The lowest BCUT2D eigenvalue weighted by Gasteiger charge is -2.11. The molecule has 1 aromatic heterocycles. The molecule has 0 saturated heterocycles. The Bertz CT molecular complexity index is 553. The van der Waals surface area contributed by atoms with Crippen LogP contribution in [0.25, 0.3) is 0 Å². The van der Waals surface area contributed by atoms with E-state index < -0.39 is 10.0 Å². The standard InChI is InChI=1S/C14H26N4O2S/c1-11(2)15-6-7-18-10-14(9-16-18)21(19,20)17-13-5-4-12(3)8-13/h9-13,15,17H,4-8H2,1-3H3. The SMILES string of the molecule is CC1CCC(NS(=O)(=O)c2cnn(CCNC(C)C)c2)C1. The van der Waals surface area contributed by atoms with Crippen LogP contribution in [-0.2, 0) is 16.6 Å². The second-order valence-electron chi connectivity index (χ2n) is 6.28. The van der Waals surface area contributed by atoms with E-state index in [4.69, 9.17) is 0 Å². The number of rotatable bonds is 7. The third kappa shape index (κ3) is 4.79. The van der Waals surface area contributed by atoms with Crippen LogP contribution in [0, 0.1) is 5.92 Å². The highest BCUT2D eigenvalue weighted by Crippen LogP contribution is 2.25. The van der Waals surface area contributed by atoms with Crippen molar-refractivity contribution in [2.75, 3.05) is 6.54 Å². The summed E-state index contributed by atoms with van der Waals surface area (Å²) in [6.07, 6.45) is 5.96. The van der Waals surface area contributed by atoms with Gasteiger partial charge in [0, 0.05) is 24.8 Å². The van der Waals surface area contributed by atoms with E-state index in [-0.39, 0.29) is 10.9 Å². The summed E-state index contributed by atoms with van der Waals surface area (Å²) >= 11 is 0. The van der Waals surface area contributed by atoms with E-state index in [2.05, 4.69) is 35.9 Å². The third-order valence-corrected chi connectivity index (χ3v) is 5.31. The van der Waals surface area contributed by atoms with E-state index in [0.717, 1.165) is 25.8 Å². The molecule has 1 aromatic rings.